The molecule has 0 bridgehead atoms. The highest BCUT2D eigenvalue weighted by molar-refractivity contribution is 6.30. The molecular weight excluding hydrogens is 395 g/mol. The van der Waals surface area contributed by atoms with Crippen molar-refractivity contribution in [2.75, 3.05) is 6.54 Å². The zero-order valence-electron chi connectivity index (χ0n) is 15.5. The number of aromatic nitrogens is 1. The van der Waals surface area contributed by atoms with Crippen molar-refractivity contribution in [1.29, 1.82) is 0 Å². The molecule has 1 aliphatic heterocycles. The summed E-state index contributed by atoms with van der Waals surface area (Å²) in [4.78, 5) is 26.5. The van der Waals surface area contributed by atoms with E-state index in [2.05, 4.69) is 5.16 Å². The van der Waals surface area contributed by atoms with Crippen molar-refractivity contribution in [3.63, 3.8) is 0 Å². The van der Waals surface area contributed by atoms with Crippen molar-refractivity contribution < 1.29 is 18.5 Å². The molecule has 1 aromatic heterocycles. The summed E-state index contributed by atoms with van der Waals surface area (Å²) < 4.78 is 18.6. The Labute approximate surface area is 172 Å². The number of halogens is 2. The molecule has 0 saturated carbocycles. The van der Waals surface area contributed by atoms with Crippen molar-refractivity contribution in [2.45, 2.75) is 25.8 Å². The number of ketones is 1. The summed E-state index contributed by atoms with van der Waals surface area (Å²) in [6.45, 7) is 0.865. The number of fused-ring (bicyclic) bond motifs is 1. The van der Waals surface area contributed by atoms with Crippen LogP contribution >= 0.6 is 11.6 Å². The van der Waals surface area contributed by atoms with Crippen LogP contribution in [0.5, 0.6) is 0 Å². The van der Waals surface area contributed by atoms with E-state index in [1.807, 2.05) is 0 Å². The normalized spacial score (nSPS) is 13.2. The fraction of sp³-hybridized carbons (Fsp3) is 0.227. The molecule has 5 nitrogen and oxygen atoms in total. The first-order valence-corrected chi connectivity index (χ1v) is 9.69. The summed E-state index contributed by atoms with van der Waals surface area (Å²) in [5.74, 6) is 0.120. The third-order valence-electron chi connectivity index (χ3n) is 5.03. The van der Waals surface area contributed by atoms with Gasteiger partial charge in [0.25, 0.3) is 0 Å². The van der Waals surface area contributed by atoms with Crippen LogP contribution in [0.25, 0.3) is 11.3 Å². The molecule has 148 valence electrons. The topological polar surface area (TPSA) is 63.4 Å². The molecule has 7 heteroatoms. The van der Waals surface area contributed by atoms with Crippen LogP contribution in [0.4, 0.5) is 4.39 Å². The molecule has 0 spiro atoms. The number of Topliss-reactive ketones (excluding diaryl/α,β-unsaturated/α-hetero) is 1. The SMILES string of the molecule is O=C(CCC(=O)N1CCc2c(noc2-c2ccc(F)cc2)C1)c1ccc(Cl)cc1. The lowest BCUT2D eigenvalue weighted by Crippen LogP contribution is -2.36. The number of carbonyl (C=O) groups excluding carboxylic acids is 2. The lowest BCUT2D eigenvalue weighted by Gasteiger charge is -2.26. The fourth-order valence-corrected chi connectivity index (χ4v) is 3.56. The standard InChI is InChI=1S/C22H18ClFN2O3/c23-16-5-1-14(2-6-16)20(27)9-10-21(28)26-12-11-18-19(13-26)25-29-22(18)15-3-7-17(24)8-4-15/h1-8H,9-13H2. The Hall–Kier alpha value is -2.99. The molecule has 4 rings (SSSR count). The van der Waals surface area contributed by atoms with Gasteiger partial charge in [0.15, 0.2) is 11.5 Å². The third kappa shape index (κ3) is 4.22. The molecule has 0 N–H and O–H groups in total. The smallest absolute Gasteiger partial charge is 0.223 e. The van der Waals surface area contributed by atoms with Gasteiger partial charge < -0.3 is 9.42 Å². The number of carbonyl (C=O) groups is 2. The van der Waals surface area contributed by atoms with E-state index in [0.717, 1.165) is 11.1 Å². The van der Waals surface area contributed by atoms with Gasteiger partial charge in [0, 0.05) is 41.1 Å². The van der Waals surface area contributed by atoms with E-state index >= 15 is 0 Å². The fourth-order valence-electron chi connectivity index (χ4n) is 3.43. The van der Waals surface area contributed by atoms with Gasteiger partial charge in [0.2, 0.25) is 5.91 Å². The van der Waals surface area contributed by atoms with Crippen LogP contribution < -0.4 is 0 Å². The van der Waals surface area contributed by atoms with Gasteiger partial charge in [-0.3, -0.25) is 9.59 Å². The van der Waals surface area contributed by atoms with Crippen LogP contribution in [-0.4, -0.2) is 28.3 Å². The lowest BCUT2D eigenvalue weighted by molar-refractivity contribution is -0.132. The van der Waals surface area contributed by atoms with Crippen molar-refractivity contribution >= 4 is 23.3 Å². The van der Waals surface area contributed by atoms with Crippen LogP contribution in [0.3, 0.4) is 0 Å². The van der Waals surface area contributed by atoms with E-state index in [1.165, 1.54) is 12.1 Å². The van der Waals surface area contributed by atoms with Crippen LogP contribution in [0.15, 0.2) is 53.1 Å². The summed E-state index contributed by atoms with van der Waals surface area (Å²) in [6.07, 6.45) is 0.880. The molecule has 2 aromatic carbocycles. The maximum absolute atomic E-state index is 13.1. The summed E-state index contributed by atoms with van der Waals surface area (Å²) in [6, 6.07) is 12.7. The second-order valence-electron chi connectivity index (χ2n) is 6.94. The second-order valence-corrected chi connectivity index (χ2v) is 7.38. The summed E-state index contributed by atoms with van der Waals surface area (Å²) >= 11 is 5.83. The van der Waals surface area contributed by atoms with Crippen LogP contribution in [-0.2, 0) is 17.8 Å². The van der Waals surface area contributed by atoms with Gasteiger partial charge >= 0.3 is 0 Å². The van der Waals surface area contributed by atoms with E-state index in [-0.39, 0.29) is 30.3 Å². The van der Waals surface area contributed by atoms with Crippen LogP contribution in [0.2, 0.25) is 5.02 Å². The van der Waals surface area contributed by atoms with E-state index in [1.54, 1.807) is 41.3 Å². The Morgan fingerprint density at radius 2 is 1.79 bits per heavy atom. The van der Waals surface area contributed by atoms with Gasteiger partial charge in [-0.1, -0.05) is 16.8 Å². The lowest BCUT2D eigenvalue weighted by atomic mass is 10.00. The highest BCUT2D eigenvalue weighted by Gasteiger charge is 2.27. The van der Waals surface area contributed by atoms with E-state index in [0.29, 0.717) is 41.6 Å². The molecule has 1 amide bonds. The molecule has 0 fully saturated rings. The Morgan fingerprint density at radius 1 is 1.07 bits per heavy atom. The molecule has 0 unspecified atom stereocenters. The molecule has 0 saturated heterocycles. The Morgan fingerprint density at radius 3 is 2.52 bits per heavy atom. The summed E-state index contributed by atoms with van der Waals surface area (Å²) in [7, 11) is 0. The van der Waals surface area contributed by atoms with E-state index in [4.69, 9.17) is 16.1 Å². The quantitative estimate of drug-likeness (QED) is 0.571. The summed E-state index contributed by atoms with van der Waals surface area (Å²) in [5.41, 5.74) is 2.95. The Balaban J connectivity index is 1.38. The number of nitrogens with zero attached hydrogens (tertiary/aromatic N) is 2. The molecule has 0 aliphatic carbocycles. The number of hydrogen-bond acceptors (Lipinski definition) is 4. The predicted octanol–water partition coefficient (Wildman–Crippen LogP) is 4.68. The minimum absolute atomic E-state index is 0.0900. The van der Waals surface area contributed by atoms with Gasteiger partial charge in [-0.25, -0.2) is 4.39 Å². The van der Waals surface area contributed by atoms with Crippen molar-refractivity contribution in [2.24, 2.45) is 0 Å². The monoisotopic (exact) mass is 412 g/mol. The zero-order valence-corrected chi connectivity index (χ0v) is 16.3. The van der Waals surface area contributed by atoms with Crippen LogP contribution in [0, 0.1) is 5.82 Å². The second kappa shape index (κ2) is 8.17. The number of hydrogen-bond donors (Lipinski definition) is 0. The van der Waals surface area contributed by atoms with Gasteiger partial charge in [-0.05, 0) is 55.0 Å². The maximum Gasteiger partial charge on any atom is 0.223 e. The molecule has 1 aliphatic rings. The Bertz CT molecular complexity index is 1040. The molecule has 3 aromatic rings. The minimum atomic E-state index is -0.313. The first-order chi connectivity index (χ1) is 14.0. The van der Waals surface area contributed by atoms with Crippen molar-refractivity contribution in [1.82, 2.24) is 10.1 Å². The number of amides is 1. The van der Waals surface area contributed by atoms with Crippen molar-refractivity contribution in [3.8, 4) is 11.3 Å². The van der Waals surface area contributed by atoms with Gasteiger partial charge in [0.05, 0.1) is 6.54 Å². The van der Waals surface area contributed by atoms with Crippen molar-refractivity contribution in [3.05, 3.63) is 76.2 Å². The largest absolute Gasteiger partial charge is 0.356 e. The highest BCUT2D eigenvalue weighted by Crippen LogP contribution is 2.30. The average Bonchev–Trinajstić information content (AvgIpc) is 3.16. The molecule has 0 radical (unpaired) electrons. The molecular formula is C22H18ClFN2O3. The van der Waals surface area contributed by atoms with E-state index < -0.39 is 0 Å². The summed E-state index contributed by atoms with van der Waals surface area (Å²) in [5, 5.41) is 4.66. The highest BCUT2D eigenvalue weighted by atomic mass is 35.5. The molecule has 29 heavy (non-hydrogen) atoms. The van der Waals surface area contributed by atoms with Gasteiger partial charge in [-0.15, -0.1) is 0 Å². The van der Waals surface area contributed by atoms with Gasteiger partial charge in [-0.2, -0.15) is 0 Å². The first kappa shape index (κ1) is 19.3. The number of rotatable bonds is 5. The Kier molecular flexibility index (Phi) is 5.45. The van der Waals surface area contributed by atoms with Gasteiger partial charge in [0.1, 0.15) is 11.5 Å². The van der Waals surface area contributed by atoms with E-state index in [9.17, 15) is 14.0 Å². The molecule has 0 atom stereocenters. The third-order valence-corrected chi connectivity index (χ3v) is 5.29. The number of benzene rings is 2. The average molecular weight is 413 g/mol. The first-order valence-electron chi connectivity index (χ1n) is 9.31. The zero-order chi connectivity index (χ0) is 20.4. The minimum Gasteiger partial charge on any atom is -0.356 e. The maximum atomic E-state index is 13.1. The molecule has 2 heterocycles. The van der Waals surface area contributed by atoms with Crippen LogP contribution in [0.1, 0.15) is 34.5 Å². The predicted molar refractivity (Wildman–Crippen MR) is 106 cm³/mol.